The number of rotatable bonds is 3. The first-order valence-electron chi connectivity index (χ1n) is 8.14. The predicted octanol–water partition coefficient (Wildman–Crippen LogP) is 3.10. The fraction of sp³-hybridized carbons (Fsp3) is 0.200. The Kier molecular flexibility index (Phi) is 5.05. The number of aryl methyl sites for hydroxylation is 2. The third kappa shape index (κ3) is 3.87. The summed E-state index contributed by atoms with van der Waals surface area (Å²) in [7, 11) is -3.40. The van der Waals surface area contributed by atoms with Gasteiger partial charge in [0.2, 0.25) is 0 Å². The minimum absolute atomic E-state index is 0.0858. The Balaban J connectivity index is 2.17. The first-order chi connectivity index (χ1) is 12.7. The Hall–Kier alpha value is -2.69. The predicted molar refractivity (Wildman–Crippen MR) is 108 cm³/mol. The molecular weight excluding hydrogens is 380 g/mol. The summed E-state index contributed by atoms with van der Waals surface area (Å²) in [6.45, 7) is 4.34. The van der Waals surface area contributed by atoms with Crippen LogP contribution in [0.1, 0.15) is 21.5 Å². The number of terminal acetylenes is 1. The Morgan fingerprint density at radius 3 is 2.59 bits per heavy atom. The Bertz CT molecular complexity index is 1270. The third-order valence-electron chi connectivity index (χ3n) is 4.25. The van der Waals surface area contributed by atoms with E-state index in [0.717, 1.165) is 27.6 Å². The van der Waals surface area contributed by atoms with Crippen molar-refractivity contribution in [3.63, 3.8) is 0 Å². The Labute approximate surface area is 161 Å². The van der Waals surface area contributed by atoms with Crippen LogP contribution in [0.5, 0.6) is 0 Å². The number of nitrogens with zero attached hydrogens (tertiary/aromatic N) is 2. The number of carbonyl (C=O) groups is 1. The smallest absolute Gasteiger partial charge is 0.279 e. The number of amides is 1. The molecule has 3 rings (SSSR count). The molecule has 0 aliphatic heterocycles. The van der Waals surface area contributed by atoms with Crippen LogP contribution >= 0.6 is 11.3 Å². The van der Waals surface area contributed by atoms with E-state index in [1.807, 2.05) is 24.5 Å². The van der Waals surface area contributed by atoms with Crippen molar-refractivity contribution in [3.05, 3.63) is 57.9 Å². The number of carbonyl (C=O) groups excluding carboxylic acids is 1. The van der Waals surface area contributed by atoms with Gasteiger partial charge in [0, 0.05) is 11.8 Å². The van der Waals surface area contributed by atoms with Crippen LogP contribution in [0.4, 0.5) is 0 Å². The standard InChI is InChI=1S/C20H18N2O3S2/c1-5-9-22-17-10-13(2)14(3)11-18(17)26-20(22)21-19(23)15-7-6-8-16(12-15)27(4,24)25/h1,6-8,10-12H,9H2,2-4H3. The van der Waals surface area contributed by atoms with Crippen molar-refractivity contribution >= 4 is 37.3 Å². The van der Waals surface area contributed by atoms with Gasteiger partial charge in [0.15, 0.2) is 14.6 Å². The van der Waals surface area contributed by atoms with Crippen LogP contribution < -0.4 is 4.80 Å². The van der Waals surface area contributed by atoms with Crippen LogP contribution in [0.3, 0.4) is 0 Å². The summed E-state index contributed by atoms with van der Waals surface area (Å²) in [6.07, 6.45) is 6.60. The average molecular weight is 399 g/mol. The molecule has 0 saturated heterocycles. The van der Waals surface area contributed by atoms with Gasteiger partial charge in [-0.15, -0.1) is 6.42 Å². The van der Waals surface area contributed by atoms with Gasteiger partial charge in [0.25, 0.3) is 5.91 Å². The molecule has 1 amide bonds. The van der Waals surface area contributed by atoms with Gasteiger partial charge in [-0.2, -0.15) is 4.99 Å². The SMILES string of the molecule is C#CCn1c(=NC(=O)c2cccc(S(C)(=O)=O)c2)sc2cc(C)c(C)cc21. The van der Waals surface area contributed by atoms with Crippen molar-refractivity contribution in [2.24, 2.45) is 4.99 Å². The zero-order valence-electron chi connectivity index (χ0n) is 15.2. The van der Waals surface area contributed by atoms with Crippen molar-refractivity contribution in [3.8, 4) is 12.3 Å². The molecule has 2 aromatic carbocycles. The lowest BCUT2D eigenvalue weighted by molar-refractivity contribution is 0.0997. The second-order valence-electron chi connectivity index (χ2n) is 6.30. The highest BCUT2D eigenvalue weighted by molar-refractivity contribution is 7.90. The molecule has 1 heterocycles. The molecule has 138 valence electrons. The van der Waals surface area contributed by atoms with Crippen LogP contribution in [0.25, 0.3) is 10.2 Å². The van der Waals surface area contributed by atoms with Crippen LogP contribution in [0.2, 0.25) is 0 Å². The maximum atomic E-state index is 12.6. The van der Waals surface area contributed by atoms with Gasteiger partial charge in [0.05, 0.1) is 21.7 Å². The number of aromatic nitrogens is 1. The molecule has 0 radical (unpaired) electrons. The highest BCUT2D eigenvalue weighted by Crippen LogP contribution is 2.22. The molecule has 5 nitrogen and oxygen atoms in total. The normalized spacial score (nSPS) is 12.3. The zero-order valence-corrected chi connectivity index (χ0v) is 16.8. The first kappa shape index (κ1) is 19.1. The highest BCUT2D eigenvalue weighted by atomic mass is 32.2. The van der Waals surface area contributed by atoms with E-state index in [9.17, 15) is 13.2 Å². The second kappa shape index (κ2) is 7.14. The largest absolute Gasteiger partial charge is 0.305 e. The first-order valence-corrected chi connectivity index (χ1v) is 10.8. The molecule has 0 atom stereocenters. The molecule has 0 bridgehead atoms. The van der Waals surface area contributed by atoms with Crippen LogP contribution in [-0.4, -0.2) is 25.1 Å². The molecule has 7 heteroatoms. The fourth-order valence-electron chi connectivity index (χ4n) is 2.66. The van der Waals surface area contributed by atoms with E-state index >= 15 is 0 Å². The average Bonchev–Trinajstić information content (AvgIpc) is 2.91. The van der Waals surface area contributed by atoms with Crippen molar-refractivity contribution in [1.29, 1.82) is 0 Å². The molecule has 0 aliphatic carbocycles. The van der Waals surface area contributed by atoms with Gasteiger partial charge in [-0.1, -0.05) is 23.3 Å². The van der Waals surface area contributed by atoms with E-state index < -0.39 is 15.7 Å². The summed E-state index contributed by atoms with van der Waals surface area (Å²) in [4.78, 5) is 17.4. The van der Waals surface area contributed by atoms with E-state index in [1.54, 1.807) is 6.07 Å². The minimum atomic E-state index is -3.40. The molecule has 0 saturated carbocycles. The number of hydrogen-bond acceptors (Lipinski definition) is 4. The molecule has 0 spiro atoms. The molecule has 0 aliphatic rings. The highest BCUT2D eigenvalue weighted by Gasteiger charge is 2.13. The quantitative estimate of drug-likeness (QED) is 0.637. The third-order valence-corrected chi connectivity index (χ3v) is 6.41. The van der Waals surface area contributed by atoms with Crippen molar-refractivity contribution < 1.29 is 13.2 Å². The van der Waals surface area contributed by atoms with Gasteiger partial charge in [-0.3, -0.25) is 4.79 Å². The van der Waals surface area contributed by atoms with E-state index in [2.05, 4.69) is 17.0 Å². The molecule has 3 aromatic rings. The molecule has 0 fully saturated rings. The van der Waals surface area contributed by atoms with Crippen LogP contribution in [0, 0.1) is 26.2 Å². The summed E-state index contributed by atoms with van der Waals surface area (Å²) < 4.78 is 26.3. The van der Waals surface area contributed by atoms with E-state index in [-0.39, 0.29) is 17.0 Å². The number of fused-ring (bicyclic) bond motifs is 1. The summed E-state index contributed by atoms with van der Waals surface area (Å²) in [6, 6.07) is 9.96. The molecule has 0 N–H and O–H groups in total. The van der Waals surface area contributed by atoms with E-state index in [4.69, 9.17) is 6.42 Å². The zero-order chi connectivity index (χ0) is 19.8. The van der Waals surface area contributed by atoms with Gasteiger partial charge < -0.3 is 4.57 Å². The molecule has 0 unspecified atom stereocenters. The number of thiazole rings is 1. The lowest BCUT2D eigenvalue weighted by atomic mass is 10.1. The topological polar surface area (TPSA) is 68.5 Å². The lowest BCUT2D eigenvalue weighted by Gasteiger charge is -2.03. The molecule has 27 heavy (non-hydrogen) atoms. The molecule has 1 aromatic heterocycles. The summed E-state index contributed by atoms with van der Waals surface area (Å²) in [5, 5.41) is 0. The van der Waals surface area contributed by atoms with Crippen LogP contribution in [-0.2, 0) is 16.4 Å². The van der Waals surface area contributed by atoms with Crippen LogP contribution in [0.15, 0.2) is 46.3 Å². The summed E-state index contributed by atoms with van der Waals surface area (Å²) in [5.41, 5.74) is 3.42. The van der Waals surface area contributed by atoms with Gasteiger partial charge in [0.1, 0.15) is 0 Å². The monoisotopic (exact) mass is 398 g/mol. The van der Waals surface area contributed by atoms with Crippen molar-refractivity contribution in [2.75, 3.05) is 6.26 Å². The number of benzene rings is 2. The summed E-state index contributed by atoms with van der Waals surface area (Å²) >= 11 is 1.38. The minimum Gasteiger partial charge on any atom is -0.305 e. The fourth-order valence-corrected chi connectivity index (χ4v) is 4.44. The summed E-state index contributed by atoms with van der Waals surface area (Å²) in [5.74, 6) is 2.09. The van der Waals surface area contributed by atoms with Gasteiger partial charge in [-0.25, -0.2) is 8.42 Å². The maximum absolute atomic E-state index is 12.6. The molecular formula is C20H18N2O3S2. The van der Waals surface area contributed by atoms with E-state index in [0.29, 0.717) is 4.80 Å². The number of hydrogen-bond donors (Lipinski definition) is 0. The van der Waals surface area contributed by atoms with Gasteiger partial charge in [-0.05, 0) is 55.3 Å². The van der Waals surface area contributed by atoms with Gasteiger partial charge >= 0.3 is 0 Å². The lowest BCUT2D eigenvalue weighted by Crippen LogP contribution is -2.16. The Morgan fingerprint density at radius 1 is 1.22 bits per heavy atom. The van der Waals surface area contributed by atoms with Crippen molar-refractivity contribution in [2.45, 2.75) is 25.3 Å². The second-order valence-corrected chi connectivity index (χ2v) is 9.32. The van der Waals surface area contributed by atoms with Crippen molar-refractivity contribution in [1.82, 2.24) is 4.57 Å². The van der Waals surface area contributed by atoms with E-state index in [1.165, 1.54) is 29.5 Å². The maximum Gasteiger partial charge on any atom is 0.279 e. The number of sulfone groups is 1. The Morgan fingerprint density at radius 2 is 1.93 bits per heavy atom.